The number of β-amino-alcohol motifs (C(OH)–C–C–N with tert-alkyl or cyclic N) is 1. The predicted octanol–water partition coefficient (Wildman–Crippen LogP) is -0.114. The molecule has 16 heavy (non-hydrogen) atoms. The van der Waals surface area contributed by atoms with Crippen LogP contribution < -0.4 is 0 Å². The van der Waals surface area contributed by atoms with Crippen LogP contribution >= 0.6 is 0 Å². The van der Waals surface area contributed by atoms with E-state index in [0.29, 0.717) is 24.9 Å². The fourth-order valence-electron chi connectivity index (χ4n) is 2.56. The number of rotatable bonds is 2. The molecule has 2 fully saturated rings. The van der Waals surface area contributed by atoms with Crippen LogP contribution in [-0.4, -0.2) is 54.4 Å². The summed E-state index contributed by atoms with van der Waals surface area (Å²) in [6, 6.07) is 0. The Kier molecular flexibility index (Phi) is 3.27. The van der Waals surface area contributed by atoms with Gasteiger partial charge in [0.2, 0.25) is 0 Å². The molecule has 2 rings (SSSR count). The molecular weight excluding hydrogens is 228 g/mol. The van der Waals surface area contributed by atoms with E-state index in [4.69, 9.17) is 5.11 Å². The van der Waals surface area contributed by atoms with Gasteiger partial charge in [0, 0.05) is 26.2 Å². The molecular formula is C10H20N2O3S. The largest absolute Gasteiger partial charge is 0.390 e. The summed E-state index contributed by atoms with van der Waals surface area (Å²) in [5.74, 6) is 0.842. The molecule has 2 aliphatic rings. The van der Waals surface area contributed by atoms with Gasteiger partial charge >= 0.3 is 0 Å². The third kappa shape index (κ3) is 2.25. The maximum absolute atomic E-state index is 12.1. The Bertz CT molecular complexity index is 341. The molecule has 0 amide bonds. The van der Waals surface area contributed by atoms with E-state index in [-0.39, 0.29) is 13.1 Å². The molecule has 0 aromatic heterocycles. The highest BCUT2D eigenvalue weighted by Crippen LogP contribution is 2.26. The zero-order valence-corrected chi connectivity index (χ0v) is 10.7. The Balaban J connectivity index is 2.05. The molecule has 2 aliphatic heterocycles. The maximum atomic E-state index is 12.1. The van der Waals surface area contributed by atoms with Crippen LogP contribution in [0.1, 0.15) is 20.3 Å². The van der Waals surface area contributed by atoms with Crippen molar-refractivity contribution in [3.8, 4) is 0 Å². The van der Waals surface area contributed by atoms with E-state index in [1.54, 1.807) is 4.31 Å². The summed E-state index contributed by atoms with van der Waals surface area (Å²) in [6.45, 7) is 5.90. The fourth-order valence-corrected chi connectivity index (χ4v) is 4.50. The van der Waals surface area contributed by atoms with Gasteiger partial charge in [-0.2, -0.15) is 17.0 Å². The molecule has 1 N–H and O–H groups in total. The molecule has 6 heteroatoms. The SMILES string of the molecule is CC1CC(C)CN(S(=O)(=O)N2CC(O)C2)C1. The van der Waals surface area contributed by atoms with Gasteiger partial charge in [-0.05, 0) is 18.3 Å². The first kappa shape index (κ1) is 12.3. The smallest absolute Gasteiger partial charge is 0.282 e. The summed E-state index contributed by atoms with van der Waals surface area (Å²) in [5.41, 5.74) is 0. The standard InChI is InChI=1S/C10H20N2O3S/c1-8-3-9(2)5-11(4-8)16(14,15)12-6-10(13)7-12/h8-10,13H,3-7H2,1-2H3. The van der Waals surface area contributed by atoms with E-state index in [0.717, 1.165) is 6.42 Å². The second-order valence-corrected chi connectivity index (χ2v) is 7.17. The zero-order valence-electron chi connectivity index (χ0n) is 9.83. The van der Waals surface area contributed by atoms with E-state index in [9.17, 15) is 8.42 Å². The average Bonchev–Trinajstić information content (AvgIpc) is 2.11. The predicted molar refractivity (Wildman–Crippen MR) is 61.0 cm³/mol. The lowest BCUT2D eigenvalue weighted by molar-refractivity contribution is 0.0483. The van der Waals surface area contributed by atoms with E-state index in [2.05, 4.69) is 13.8 Å². The zero-order chi connectivity index (χ0) is 11.9. The van der Waals surface area contributed by atoms with Crippen molar-refractivity contribution in [2.24, 2.45) is 11.8 Å². The van der Waals surface area contributed by atoms with Gasteiger partial charge in [-0.3, -0.25) is 0 Å². The third-order valence-electron chi connectivity index (χ3n) is 3.32. The Morgan fingerprint density at radius 1 is 1.00 bits per heavy atom. The lowest BCUT2D eigenvalue weighted by Crippen LogP contribution is -2.59. The number of aliphatic hydroxyl groups excluding tert-OH is 1. The molecule has 0 radical (unpaired) electrons. The third-order valence-corrected chi connectivity index (χ3v) is 5.22. The second-order valence-electron chi connectivity index (χ2n) is 5.24. The monoisotopic (exact) mass is 248 g/mol. The Labute approximate surface area is 97.2 Å². The highest BCUT2D eigenvalue weighted by Gasteiger charge is 2.40. The van der Waals surface area contributed by atoms with Crippen LogP contribution in [0.4, 0.5) is 0 Å². The number of aliphatic hydroxyl groups is 1. The van der Waals surface area contributed by atoms with Crippen molar-refractivity contribution in [2.75, 3.05) is 26.2 Å². The molecule has 0 aliphatic carbocycles. The fraction of sp³-hybridized carbons (Fsp3) is 1.00. The topological polar surface area (TPSA) is 60.9 Å². The molecule has 0 spiro atoms. The van der Waals surface area contributed by atoms with Crippen LogP contribution in [0.5, 0.6) is 0 Å². The first-order valence-electron chi connectivity index (χ1n) is 5.83. The van der Waals surface area contributed by atoms with Crippen molar-refractivity contribution in [1.82, 2.24) is 8.61 Å². The maximum Gasteiger partial charge on any atom is 0.282 e. The van der Waals surface area contributed by atoms with E-state index in [1.807, 2.05) is 0 Å². The van der Waals surface area contributed by atoms with Gasteiger partial charge in [0.1, 0.15) is 0 Å². The molecule has 2 atom stereocenters. The number of hydrogen-bond donors (Lipinski definition) is 1. The lowest BCUT2D eigenvalue weighted by atomic mass is 9.94. The van der Waals surface area contributed by atoms with Crippen molar-refractivity contribution in [3.63, 3.8) is 0 Å². The molecule has 0 aromatic carbocycles. The van der Waals surface area contributed by atoms with Gasteiger partial charge in [0.05, 0.1) is 6.10 Å². The summed E-state index contributed by atoms with van der Waals surface area (Å²) in [7, 11) is -3.32. The lowest BCUT2D eigenvalue weighted by Gasteiger charge is -2.41. The van der Waals surface area contributed by atoms with Crippen LogP contribution in [-0.2, 0) is 10.2 Å². The Morgan fingerprint density at radius 2 is 1.44 bits per heavy atom. The van der Waals surface area contributed by atoms with Crippen LogP contribution in [0.3, 0.4) is 0 Å². The number of nitrogens with zero attached hydrogens (tertiary/aromatic N) is 2. The quantitative estimate of drug-likeness (QED) is 0.741. The summed E-state index contributed by atoms with van der Waals surface area (Å²) in [4.78, 5) is 0. The van der Waals surface area contributed by atoms with Crippen LogP contribution in [0.15, 0.2) is 0 Å². The molecule has 0 aromatic rings. The molecule has 2 saturated heterocycles. The minimum Gasteiger partial charge on any atom is -0.390 e. The van der Waals surface area contributed by atoms with Crippen molar-refractivity contribution in [2.45, 2.75) is 26.4 Å². The second kappa shape index (κ2) is 4.25. The number of hydrogen-bond acceptors (Lipinski definition) is 3. The Hall–Kier alpha value is -0.170. The van der Waals surface area contributed by atoms with Crippen molar-refractivity contribution in [1.29, 1.82) is 0 Å². The highest BCUT2D eigenvalue weighted by atomic mass is 32.2. The molecule has 0 saturated carbocycles. The molecule has 2 unspecified atom stereocenters. The van der Waals surface area contributed by atoms with Gasteiger partial charge in [-0.25, -0.2) is 0 Å². The van der Waals surface area contributed by atoms with Gasteiger partial charge in [-0.1, -0.05) is 13.8 Å². The van der Waals surface area contributed by atoms with E-state index >= 15 is 0 Å². The van der Waals surface area contributed by atoms with Gasteiger partial charge in [0.25, 0.3) is 10.2 Å². The molecule has 5 nitrogen and oxygen atoms in total. The van der Waals surface area contributed by atoms with Crippen molar-refractivity contribution in [3.05, 3.63) is 0 Å². The van der Waals surface area contributed by atoms with Crippen LogP contribution in [0.25, 0.3) is 0 Å². The number of piperidine rings is 1. The molecule has 0 bridgehead atoms. The van der Waals surface area contributed by atoms with Crippen LogP contribution in [0.2, 0.25) is 0 Å². The first-order chi connectivity index (χ1) is 7.39. The molecule has 2 heterocycles. The van der Waals surface area contributed by atoms with Gasteiger partial charge in [-0.15, -0.1) is 0 Å². The minimum absolute atomic E-state index is 0.252. The minimum atomic E-state index is -3.32. The van der Waals surface area contributed by atoms with Gasteiger partial charge < -0.3 is 5.11 Å². The van der Waals surface area contributed by atoms with Gasteiger partial charge in [0.15, 0.2) is 0 Å². The Morgan fingerprint density at radius 3 is 1.88 bits per heavy atom. The summed E-state index contributed by atoms with van der Waals surface area (Å²) in [5, 5.41) is 9.16. The summed E-state index contributed by atoms with van der Waals surface area (Å²) < 4.78 is 27.2. The molecule has 94 valence electrons. The normalized spacial score (nSPS) is 34.9. The van der Waals surface area contributed by atoms with E-state index < -0.39 is 16.3 Å². The summed E-state index contributed by atoms with van der Waals surface area (Å²) >= 11 is 0. The first-order valence-corrected chi connectivity index (χ1v) is 7.22. The summed E-state index contributed by atoms with van der Waals surface area (Å²) in [6.07, 6.45) is 0.615. The average molecular weight is 248 g/mol. The van der Waals surface area contributed by atoms with Crippen molar-refractivity contribution >= 4 is 10.2 Å². The highest BCUT2D eigenvalue weighted by molar-refractivity contribution is 7.86. The van der Waals surface area contributed by atoms with Crippen LogP contribution in [0, 0.1) is 11.8 Å². The van der Waals surface area contributed by atoms with Crippen molar-refractivity contribution < 1.29 is 13.5 Å². The van der Waals surface area contributed by atoms with E-state index in [1.165, 1.54) is 4.31 Å².